The number of amides is 1. The summed E-state index contributed by atoms with van der Waals surface area (Å²) < 4.78 is 13.0. The number of nitrogens with zero attached hydrogens (tertiary/aromatic N) is 1. The average molecular weight is 286 g/mol. The SMILES string of the molecule is CC1CCN(C(=O)c2ccc(F)cc2Cl)C1C(=O)O. The molecule has 0 aromatic heterocycles. The van der Waals surface area contributed by atoms with E-state index < -0.39 is 23.7 Å². The fraction of sp³-hybridized carbons (Fsp3) is 0.385. The predicted octanol–water partition coefficient (Wildman–Crippen LogP) is 2.41. The van der Waals surface area contributed by atoms with Crippen LogP contribution < -0.4 is 0 Å². The van der Waals surface area contributed by atoms with E-state index in [2.05, 4.69) is 0 Å². The van der Waals surface area contributed by atoms with Crippen LogP contribution in [0.3, 0.4) is 0 Å². The summed E-state index contributed by atoms with van der Waals surface area (Å²) in [5.74, 6) is -2.15. The van der Waals surface area contributed by atoms with Crippen LogP contribution in [0.15, 0.2) is 18.2 Å². The molecule has 0 bridgehead atoms. The number of hydrogen-bond donors (Lipinski definition) is 1. The van der Waals surface area contributed by atoms with Crippen molar-refractivity contribution in [3.63, 3.8) is 0 Å². The predicted molar refractivity (Wildman–Crippen MR) is 67.7 cm³/mol. The van der Waals surface area contributed by atoms with Crippen LogP contribution in [0.2, 0.25) is 5.02 Å². The Morgan fingerprint density at radius 1 is 1.47 bits per heavy atom. The van der Waals surface area contributed by atoms with Gasteiger partial charge in [-0.3, -0.25) is 4.79 Å². The lowest BCUT2D eigenvalue weighted by molar-refractivity contribution is -0.142. The summed E-state index contributed by atoms with van der Waals surface area (Å²) in [4.78, 5) is 24.8. The fourth-order valence-electron chi connectivity index (χ4n) is 2.37. The van der Waals surface area contributed by atoms with Crippen molar-refractivity contribution >= 4 is 23.5 Å². The Kier molecular flexibility index (Phi) is 3.75. The maximum Gasteiger partial charge on any atom is 0.326 e. The zero-order chi connectivity index (χ0) is 14.2. The first-order valence-electron chi connectivity index (χ1n) is 5.90. The molecular formula is C13H13ClFNO3. The van der Waals surface area contributed by atoms with Crippen LogP contribution in [0.1, 0.15) is 23.7 Å². The molecule has 1 saturated heterocycles. The third-order valence-electron chi connectivity index (χ3n) is 3.38. The number of halogens is 2. The Balaban J connectivity index is 2.31. The molecule has 102 valence electrons. The second kappa shape index (κ2) is 5.17. The van der Waals surface area contributed by atoms with Crippen LogP contribution in [0.4, 0.5) is 4.39 Å². The van der Waals surface area contributed by atoms with Crippen LogP contribution in [0.25, 0.3) is 0 Å². The van der Waals surface area contributed by atoms with E-state index in [0.717, 1.165) is 12.1 Å². The molecule has 0 radical (unpaired) electrons. The minimum absolute atomic E-state index is 0.00584. The van der Waals surface area contributed by atoms with E-state index in [-0.39, 0.29) is 16.5 Å². The maximum absolute atomic E-state index is 13.0. The largest absolute Gasteiger partial charge is 0.480 e. The third-order valence-corrected chi connectivity index (χ3v) is 3.69. The molecule has 4 nitrogen and oxygen atoms in total. The highest BCUT2D eigenvalue weighted by molar-refractivity contribution is 6.33. The molecule has 19 heavy (non-hydrogen) atoms. The van der Waals surface area contributed by atoms with Gasteiger partial charge in [-0.1, -0.05) is 18.5 Å². The molecule has 1 aromatic carbocycles. The molecule has 1 amide bonds. The first kappa shape index (κ1) is 13.8. The molecule has 2 unspecified atom stereocenters. The number of carbonyl (C=O) groups is 2. The summed E-state index contributed by atoms with van der Waals surface area (Å²) in [6.07, 6.45) is 0.627. The second-order valence-corrected chi connectivity index (χ2v) is 5.08. The van der Waals surface area contributed by atoms with Gasteiger partial charge in [-0.05, 0) is 30.5 Å². The van der Waals surface area contributed by atoms with Crippen LogP contribution in [-0.2, 0) is 4.79 Å². The number of carboxylic acids is 1. The highest BCUT2D eigenvalue weighted by Gasteiger charge is 2.40. The van der Waals surface area contributed by atoms with Gasteiger partial charge in [0, 0.05) is 6.54 Å². The Morgan fingerprint density at radius 3 is 2.74 bits per heavy atom. The molecule has 2 atom stereocenters. The van der Waals surface area contributed by atoms with Gasteiger partial charge in [0.15, 0.2) is 0 Å². The third kappa shape index (κ3) is 2.56. The zero-order valence-electron chi connectivity index (χ0n) is 10.3. The van der Waals surface area contributed by atoms with Gasteiger partial charge in [0.2, 0.25) is 0 Å². The van der Waals surface area contributed by atoms with Gasteiger partial charge in [-0.2, -0.15) is 0 Å². The number of aliphatic carboxylic acids is 1. The summed E-state index contributed by atoms with van der Waals surface area (Å²) in [5.41, 5.74) is 0.128. The van der Waals surface area contributed by atoms with Crippen molar-refractivity contribution in [2.45, 2.75) is 19.4 Å². The summed E-state index contributed by atoms with van der Waals surface area (Å²) in [5, 5.41) is 9.17. The topological polar surface area (TPSA) is 57.6 Å². The van der Waals surface area contributed by atoms with Crippen molar-refractivity contribution in [1.82, 2.24) is 4.90 Å². The van der Waals surface area contributed by atoms with Crippen molar-refractivity contribution in [3.05, 3.63) is 34.6 Å². The summed E-state index contributed by atoms with van der Waals surface area (Å²) >= 11 is 5.83. The van der Waals surface area contributed by atoms with Gasteiger partial charge in [-0.25, -0.2) is 9.18 Å². The normalized spacial score (nSPS) is 22.6. The Bertz CT molecular complexity index is 535. The highest BCUT2D eigenvalue weighted by Crippen LogP contribution is 2.28. The van der Waals surface area contributed by atoms with Crippen LogP contribution in [-0.4, -0.2) is 34.5 Å². The van der Waals surface area contributed by atoms with E-state index in [1.54, 1.807) is 6.92 Å². The number of likely N-dealkylation sites (tertiary alicyclic amines) is 1. The minimum atomic E-state index is -1.03. The van der Waals surface area contributed by atoms with E-state index in [9.17, 15) is 19.1 Å². The molecule has 1 aliphatic heterocycles. The van der Waals surface area contributed by atoms with E-state index >= 15 is 0 Å². The molecule has 0 saturated carbocycles. The van der Waals surface area contributed by atoms with Crippen molar-refractivity contribution in [3.8, 4) is 0 Å². The lowest BCUT2D eigenvalue weighted by Crippen LogP contribution is -2.42. The number of rotatable bonds is 2. The second-order valence-electron chi connectivity index (χ2n) is 4.67. The molecule has 1 aromatic rings. The standard InChI is InChI=1S/C13H13ClFNO3/c1-7-4-5-16(11(7)13(18)19)12(17)9-3-2-8(15)6-10(9)14/h2-3,6-7,11H,4-5H2,1H3,(H,18,19). The van der Waals surface area contributed by atoms with E-state index in [4.69, 9.17) is 11.6 Å². The lowest BCUT2D eigenvalue weighted by Gasteiger charge is -2.23. The van der Waals surface area contributed by atoms with Gasteiger partial charge in [0.1, 0.15) is 11.9 Å². The summed E-state index contributed by atoms with van der Waals surface area (Å²) in [6.45, 7) is 2.16. The number of carbonyl (C=O) groups excluding carboxylic acids is 1. The number of carboxylic acid groups (broad SMARTS) is 1. The van der Waals surface area contributed by atoms with Crippen LogP contribution >= 0.6 is 11.6 Å². The molecule has 0 spiro atoms. The van der Waals surface area contributed by atoms with Crippen molar-refractivity contribution in [2.24, 2.45) is 5.92 Å². The summed E-state index contributed by atoms with van der Waals surface area (Å²) in [6, 6.07) is 2.61. The molecule has 2 rings (SSSR count). The molecule has 1 N–H and O–H groups in total. The minimum Gasteiger partial charge on any atom is -0.480 e. The summed E-state index contributed by atoms with van der Waals surface area (Å²) in [7, 11) is 0. The molecule has 6 heteroatoms. The Labute approximate surface area is 114 Å². The van der Waals surface area contributed by atoms with E-state index in [1.165, 1.54) is 11.0 Å². The van der Waals surface area contributed by atoms with Gasteiger partial charge in [-0.15, -0.1) is 0 Å². The molecule has 1 heterocycles. The zero-order valence-corrected chi connectivity index (χ0v) is 11.0. The first-order valence-corrected chi connectivity index (χ1v) is 6.28. The molecule has 1 aliphatic rings. The van der Waals surface area contributed by atoms with E-state index in [0.29, 0.717) is 13.0 Å². The lowest BCUT2D eigenvalue weighted by atomic mass is 10.0. The average Bonchev–Trinajstić information content (AvgIpc) is 2.70. The fourth-order valence-corrected chi connectivity index (χ4v) is 2.62. The first-order chi connectivity index (χ1) is 8.91. The maximum atomic E-state index is 13.0. The smallest absolute Gasteiger partial charge is 0.326 e. The van der Waals surface area contributed by atoms with Gasteiger partial charge < -0.3 is 10.0 Å². The van der Waals surface area contributed by atoms with Crippen LogP contribution in [0.5, 0.6) is 0 Å². The van der Waals surface area contributed by atoms with Crippen LogP contribution in [0, 0.1) is 11.7 Å². The molecule has 1 fully saturated rings. The number of hydrogen-bond acceptors (Lipinski definition) is 2. The van der Waals surface area contributed by atoms with Crippen molar-refractivity contribution in [2.75, 3.05) is 6.54 Å². The molecule has 0 aliphatic carbocycles. The van der Waals surface area contributed by atoms with E-state index in [1.807, 2.05) is 0 Å². The van der Waals surface area contributed by atoms with Crippen molar-refractivity contribution < 1.29 is 19.1 Å². The Hall–Kier alpha value is -1.62. The van der Waals surface area contributed by atoms with Gasteiger partial charge in [0.25, 0.3) is 5.91 Å². The highest BCUT2D eigenvalue weighted by atomic mass is 35.5. The molecular weight excluding hydrogens is 273 g/mol. The quantitative estimate of drug-likeness (QED) is 0.908. The van der Waals surface area contributed by atoms with Gasteiger partial charge >= 0.3 is 5.97 Å². The van der Waals surface area contributed by atoms with Gasteiger partial charge in [0.05, 0.1) is 10.6 Å². The Morgan fingerprint density at radius 2 is 2.16 bits per heavy atom. The number of benzene rings is 1. The monoisotopic (exact) mass is 285 g/mol. The van der Waals surface area contributed by atoms with Crippen molar-refractivity contribution in [1.29, 1.82) is 0 Å².